The molecule has 8 aromatic rings. The molecule has 0 aliphatic heterocycles. The normalized spacial score (nSPS) is 19.5. The van der Waals surface area contributed by atoms with E-state index < -0.39 is 0 Å². The zero-order valence-electron chi connectivity index (χ0n) is 27.1. The van der Waals surface area contributed by atoms with Crippen LogP contribution in [0.5, 0.6) is 0 Å². The van der Waals surface area contributed by atoms with Gasteiger partial charge in [-0.25, -0.2) is 4.98 Å². The van der Waals surface area contributed by atoms with Crippen LogP contribution in [0.1, 0.15) is 28.2 Å². The summed E-state index contributed by atoms with van der Waals surface area (Å²) in [5.74, 6) is 2.48. The molecule has 0 N–H and O–H groups in total. The number of aromatic nitrogens is 4. The van der Waals surface area contributed by atoms with Gasteiger partial charge >= 0.3 is 0 Å². The molecule has 0 saturated heterocycles. The summed E-state index contributed by atoms with van der Waals surface area (Å²) in [6.45, 7) is 0. The van der Waals surface area contributed by atoms with Gasteiger partial charge in [0.1, 0.15) is 0 Å². The number of para-hydroxylation sites is 1. The second-order valence-electron chi connectivity index (χ2n) is 13.5. The highest BCUT2D eigenvalue weighted by atomic mass is 15.2. The monoisotopic (exact) mass is 638 g/mol. The Hall–Kier alpha value is -6.39. The average Bonchev–Trinajstić information content (AvgIpc) is 3.80. The summed E-state index contributed by atoms with van der Waals surface area (Å²) in [5.41, 5.74) is 11.8. The number of nitrogens with zero attached hydrogens (tertiary/aromatic N) is 4. The van der Waals surface area contributed by atoms with Crippen LogP contribution >= 0.6 is 0 Å². The average molecular weight is 639 g/mol. The minimum Gasteiger partial charge on any atom is -0.277 e. The fourth-order valence-electron chi connectivity index (χ4n) is 9.25. The van der Waals surface area contributed by atoms with Gasteiger partial charge in [-0.05, 0) is 33.9 Å². The largest absolute Gasteiger partial charge is 0.277 e. The van der Waals surface area contributed by atoms with E-state index in [1.165, 1.54) is 44.2 Å². The molecule has 3 aliphatic carbocycles. The van der Waals surface area contributed by atoms with Gasteiger partial charge in [0, 0.05) is 39.3 Å². The molecule has 0 bridgehead atoms. The van der Waals surface area contributed by atoms with Crippen LogP contribution in [0.2, 0.25) is 0 Å². The van der Waals surface area contributed by atoms with E-state index in [-0.39, 0.29) is 11.3 Å². The van der Waals surface area contributed by atoms with Crippen molar-refractivity contribution in [1.82, 2.24) is 19.5 Å². The Balaban J connectivity index is 1.29. The first kappa shape index (κ1) is 27.5. The van der Waals surface area contributed by atoms with Crippen LogP contribution in [0.4, 0.5) is 0 Å². The second-order valence-corrected chi connectivity index (χ2v) is 13.5. The highest BCUT2D eigenvalue weighted by Crippen LogP contribution is 2.66. The molecule has 1 spiro atoms. The molecular weight excluding hydrogens is 609 g/mol. The van der Waals surface area contributed by atoms with Gasteiger partial charge in [0.05, 0.1) is 16.4 Å². The van der Waals surface area contributed by atoms with Crippen molar-refractivity contribution in [1.29, 1.82) is 0 Å². The third-order valence-corrected chi connectivity index (χ3v) is 11.1. The number of allylic oxidation sites excluding steroid dienone is 4. The van der Waals surface area contributed by atoms with Crippen LogP contribution in [0.25, 0.3) is 61.7 Å². The summed E-state index contributed by atoms with van der Waals surface area (Å²) < 4.78 is 2.30. The molecule has 2 heterocycles. The Morgan fingerprint density at radius 3 is 1.92 bits per heavy atom. The van der Waals surface area contributed by atoms with Crippen molar-refractivity contribution in [3.8, 4) is 39.9 Å². The minimum absolute atomic E-state index is 0.258. The van der Waals surface area contributed by atoms with Gasteiger partial charge in [-0.2, -0.15) is 9.97 Å². The molecule has 234 valence electrons. The molecule has 0 radical (unpaired) electrons. The van der Waals surface area contributed by atoms with Gasteiger partial charge < -0.3 is 0 Å². The molecule has 0 saturated carbocycles. The van der Waals surface area contributed by atoms with Crippen LogP contribution in [-0.2, 0) is 5.41 Å². The summed E-state index contributed by atoms with van der Waals surface area (Å²) in [6.07, 6.45) is 9.30. The maximum absolute atomic E-state index is 5.26. The van der Waals surface area contributed by atoms with Gasteiger partial charge in [-0.15, -0.1) is 0 Å². The number of benzene rings is 6. The van der Waals surface area contributed by atoms with Crippen molar-refractivity contribution in [2.75, 3.05) is 0 Å². The molecule has 50 heavy (non-hydrogen) atoms. The summed E-state index contributed by atoms with van der Waals surface area (Å²) in [7, 11) is 0. The van der Waals surface area contributed by atoms with Gasteiger partial charge in [0.15, 0.2) is 11.6 Å². The first-order valence-electron chi connectivity index (χ1n) is 17.3. The van der Waals surface area contributed by atoms with Crippen molar-refractivity contribution in [3.63, 3.8) is 0 Å². The molecule has 2 aromatic heterocycles. The number of hydrogen-bond acceptors (Lipinski definition) is 3. The predicted molar refractivity (Wildman–Crippen MR) is 201 cm³/mol. The fraction of sp³-hybridized carbons (Fsp3) is 0.0652. The summed E-state index contributed by atoms with van der Waals surface area (Å²) in [6, 6.07) is 52.1. The third-order valence-electron chi connectivity index (χ3n) is 11.1. The standard InChI is InChI=1S/C46H30N4/c1-3-15-29(16-4-1)43-47-44(30-17-5-2-6-18-30)49-45(48-43)50-40-26-14-10-21-33(40)34-27-28-39-41(42(34)50)35-22-9-13-25-38(35)46(39)36-23-11-7-19-31(36)32-20-8-12-24-37(32)46/h1-28,31,36H. The highest BCUT2D eigenvalue weighted by Gasteiger charge is 2.57. The van der Waals surface area contributed by atoms with Crippen LogP contribution in [0.15, 0.2) is 170 Å². The maximum atomic E-state index is 5.26. The van der Waals surface area contributed by atoms with Crippen molar-refractivity contribution in [2.45, 2.75) is 11.3 Å². The first-order chi connectivity index (χ1) is 24.8. The molecule has 11 rings (SSSR count). The molecule has 3 atom stereocenters. The van der Waals surface area contributed by atoms with Crippen molar-refractivity contribution >= 4 is 21.8 Å². The van der Waals surface area contributed by atoms with Gasteiger partial charge in [0.25, 0.3) is 0 Å². The molecule has 4 nitrogen and oxygen atoms in total. The predicted octanol–water partition coefficient (Wildman–Crippen LogP) is 10.5. The van der Waals surface area contributed by atoms with Crippen LogP contribution in [0.3, 0.4) is 0 Å². The van der Waals surface area contributed by atoms with Crippen molar-refractivity contribution in [2.24, 2.45) is 5.92 Å². The summed E-state index contributed by atoms with van der Waals surface area (Å²) >= 11 is 0. The lowest BCUT2D eigenvalue weighted by Gasteiger charge is -2.36. The Bertz CT molecular complexity index is 2660. The van der Waals surface area contributed by atoms with Gasteiger partial charge in [-0.1, -0.05) is 164 Å². The summed E-state index contributed by atoms with van der Waals surface area (Å²) in [4.78, 5) is 15.6. The van der Waals surface area contributed by atoms with E-state index in [1.54, 1.807) is 0 Å². The molecule has 4 heteroatoms. The Labute approximate surface area is 289 Å². The highest BCUT2D eigenvalue weighted by molar-refractivity contribution is 6.15. The zero-order valence-corrected chi connectivity index (χ0v) is 27.1. The quantitative estimate of drug-likeness (QED) is 0.193. The van der Waals surface area contributed by atoms with Gasteiger partial charge in [-0.3, -0.25) is 4.57 Å². The Morgan fingerprint density at radius 2 is 1.14 bits per heavy atom. The van der Waals surface area contributed by atoms with E-state index in [9.17, 15) is 0 Å². The minimum atomic E-state index is -0.326. The Kier molecular flexibility index (Phi) is 5.68. The first-order valence-corrected chi connectivity index (χ1v) is 17.3. The number of rotatable bonds is 3. The van der Waals surface area contributed by atoms with Gasteiger partial charge in [0.2, 0.25) is 5.95 Å². The fourth-order valence-corrected chi connectivity index (χ4v) is 9.25. The van der Waals surface area contributed by atoms with E-state index in [0.717, 1.165) is 22.2 Å². The van der Waals surface area contributed by atoms with Crippen molar-refractivity contribution < 1.29 is 0 Å². The SMILES string of the molecule is C1=CC2c3ccccc3C3(c4ccccc4-c4c3ccc3c5ccccc5n(-c5nc(-c6ccccc6)nc(-c6ccccc6)n5)c43)C2C=C1. The Morgan fingerprint density at radius 1 is 0.500 bits per heavy atom. The number of fused-ring (bicyclic) bond motifs is 14. The molecule has 3 unspecified atom stereocenters. The lowest BCUT2D eigenvalue weighted by molar-refractivity contribution is 0.466. The molecule has 3 aliphatic rings. The maximum Gasteiger partial charge on any atom is 0.238 e. The van der Waals surface area contributed by atoms with Crippen LogP contribution < -0.4 is 0 Å². The summed E-state index contributed by atoms with van der Waals surface area (Å²) in [5, 5.41) is 2.37. The van der Waals surface area contributed by atoms with E-state index in [1.807, 2.05) is 36.4 Å². The smallest absolute Gasteiger partial charge is 0.238 e. The van der Waals surface area contributed by atoms with E-state index >= 15 is 0 Å². The lowest BCUT2D eigenvalue weighted by Crippen LogP contribution is -2.32. The zero-order chi connectivity index (χ0) is 32.8. The molecule has 6 aromatic carbocycles. The molecule has 0 fully saturated rings. The van der Waals surface area contributed by atoms with E-state index in [4.69, 9.17) is 15.0 Å². The lowest BCUT2D eigenvalue weighted by atomic mass is 9.65. The van der Waals surface area contributed by atoms with Crippen molar-refractivity contribution in [3.05, 3.63) is 192 Å². The number of hydrogen-bond donors (Lipinski definition) is 0. The van der Waals surface area contributed by atoms with Crippen LogP contribution in [-0.4, -0.2) is 19.5 Å². The van der Waals surface area contributed by atoms with E-state index in [2.05, 4.69) is 138 Å². The molecule has 0 amide bonds. The van der Waals surface area contributed by atoms with Crippen LogP contribution in [0, 0.1) is 5.92 Å². The molecular formula is C46H30N4. The second kappa shape index (κ2) is 10.3. The topological polar surface area (TPSA) is 43.6 Å². The van der Waals surface area contributed by atoms with E-state index in [0.29, 0.717) is 23.5 Å². The third kappa shape index (κ3) is 3.57.